The lowest BCUT2D eigenvalue weighted by molar-refractivity contribution is 0.604. The first-order valence-electron chi connectivity index (χ1n) is 3.75. The van der Waals surface area contributed by atoms with E-state index < -0.39 is 0 Å². The first-order chi connectivity index (χ1) is 5.45. The van der Waals surface area contributed by atoms with E-state index in [1.54, 1.807) is 0 Å². The maximum absolute atomic E-state index is 8.68. The molecule has 2 nitrogen and oxygen atoms in total. The number of anilines is 1. The number of hydrogen-bond donors (Lipinski definition) is 1. The molecule has 1 heterocycles. The maximum Gasteiger partial charge on any atom is 0.128 e. The molecule has 0 atom stereocenters. The van der Waals surface area contributed by atoms with Crippen molar-refractivity contribution in [3.05, 3.63) is 15.8 Å². The molecule has 0 aliphatic heterocycles. The van der Waals surface area contributed by atoms with Crippen molar-refractivity contribution in [1.29, 1.82) is 5.26 Å². The summed E-state index contributed by atoms with van der Waals surface area (Å²) in [5, 5.41) is 8.68. The number of nitrogens with zero attached hydrogens (tertiary/aromatic N) is 1. The summed E-state index contributed by atoms with van der Waals surface area (Å²) in [6, 6.07) is 3.97. The third-order valence-corrected chi connectivity index (χ3v) is 3.08. The molecule has 12 heavy (non-hydrogen) atoms. The highest BCUT2D eigenvalue weighted by Gasteiger charge is 2.18. The molecule has 0 unspecified atom stereocenters. The van der Waals surface area contributed by atoms with E-state index in [4.69, 9.17) is 11.0 Å². The molecule has 2 N–H and O–H groups in total. The lowest BCUT2D eigenvalue weighted by Crippen LogP contribution is -2.07. The third-order valence-electron chi connectivity index (χ3n) is 1.60. The van der Waals surface area contributed by atoms with Crippen LogP contribution in [0.2, 0.25) is 0 Å². The highest BCUT2D eigenvalue weighted by molar-refractivity contribution is 7.13. The van der Waals surface area contributed by atoms with E-state index in [9.17, 15) is 0 Å². The lowest BCUT2D eigenvalue weighted by atomic mass is 9.95. The topological polar surface area (TPSA) is 49.8 Å². The van der Waals surface area contributed by atoms with Crippen LogP contribution >= 0.6 is 11.3 Å². The zero-order valence-electron chi connectivity index (χ0n) is 7.51. The van der Waals surface area contributed by atoms with Crippen molar-refractivity contribution in [1.82, 2.24) is 0 Å². The SMILES string of the molecule is CC(C)(C)c1cc(N)c(C#N)s1. The van der Waals surface area contributed by atoms with Gasteiger partial charge in [-0.05, 0) is 11.5 Å². The molecule has 0 aromatic carbocycles. The molecule has 1 aromatic heterocycles. The zero-order valence-corrected chi connectivity index (χ0v) is 8.33. The van der Waals surface area contributed by atoms with E-state index in [-0.39, 0.29) is 5.41 Å². The summed E-state index contributed by atoms with van der Waals surface area (Å²) in [6.45, 7) is 6.33. The Labute approximate surface area is 76.6 Å². The fourth-order valence-corrected chi connectivity index (χ4v) is 1.80. The lowest BCUT2D eigenvalue weighted by Gasteiger charge is -2.14. The molecule has 3 heteroatoms. The number of nitriles is 1. The second-order valence-electron chi connectivity index (χ2n) is 3.76. The minimum atomic E-state index is 0.0912. The molecule has 0 bridgehead atoms. The van der Waals surface area contributed by atoms with Crippen LogP contribution in [0.15, 0.2) is 6.07 Å². The van der Waals surface area contributed by atoms with Crippen LogP contribution < -0.4 is 5.73 Å². The van der Waals surface area contributed by atoms with Gasteiger partial charge >= 0.3 is 0 Å². The summed E-state index contributed by atoms with van der Waals surface area (Å²) < 4.78 is 0. The van der Waals surface area contributed by atoms with E-state index in [1.807, 2.05) is 6.07 Å². The second kappa shape index (κ2) is 2.80. The third kappa shape index (κ3) is 1.59. The average molecular weight is 180 g/mol. The Bertz CT molecular complexity index is 325. The van der Waals surface area contributed by atoms with Crippen molar-refractivity contribution < 1.29 is 0 Å². The number of rotatable bonds is 0. The molecule has 1 aromatic rings. The molecule has 0 saturated carbocycles. The van der Waals surface area contributed by atoms with Crippen LogP contribution in [0.25, 0.3) is 0 Å². The molecule has 0 amide bonds. The van der Waals surface area contributed by atoms with Gasteiger partial charge in [0.1, 0.15) is 10.9 Å². The van der Waals surface area contributed by atoms with Gasteiger partial charge in [-0.25, -0.2) is 0 Å². The van der Waals surface area contributed by atoms with Crippen molar-refractivity contribution in [2.24, 2.45) is 0 Å². The van der Waals surface area contributed by atoms with Crippen molar-refractivity contribution >= 4 is 17.0 Å². The van der Waals surface area contributed by atoms with Gasteiger partial charge in [0.2, 0.25) is 0 Å². The van der Waals surface area contributed by atoms with E-state index >= 15 is 0 Å². The fourth-order valence-electron chi connectivity index (χ4n) is 0.862. The Balaban J connectivity index is 3.16. The summed E-state index contributed by atoms with van der Waals surface area (Å²) in [7, 11) is 0. The Hall–Kier alpha value is -1.01. The molecule has 0 spiro atoms. The van der Waals surface area contributed by atoms with Crippen molar-refractivity contribution in [2.75, 3.05) is 5.73 Å². The van der Waals surface area contributed by atoms with Crippen LogP contribution in [0.5, 0.6) is 0 Å². The van der Waals surface area contributed by atoms with Gasteiger partial charge in [0.25, 0.3) is 0 Å². The highest BCUT2D eigenvalue weighted by atomic mass is 32.1. The van der Waals surface area contributed by atoms with Crippen molar-refractivity contribution in [3.63, 3.8) is 0 Å². The predicted octanol–water partition coefficient (Wildman–Crippen LogP) is 2.50. The predicted molar refractivity (Wildman–Crippen MR) is 52.1 cm³/mol. The summed E-state index contributed by atoms with van der Waals surface area (Å²) in [6.07, 6.45) is 0. The van der Waals surface area contributed by atoms with Gasteiger partial charge in [0.15, 0.2) is 0 Å². The van der Waals surface area contributed by atoms with Gasteiger partial charge in [-0.1, -0.05) is 20.8 Å². The largest absolute Gasteiger partial charge is 0.397 e. The summed E-state index contributed by atoms with van der Waals surface area (Å²) in [4.78, 5) is 1.79. The van der Waals surface area contributed by atoms with E-state index in [2.05, 4.69) is 26.8 Å². The molecule has 64 valence electrons. The smallest absolute Gasteiger partial charge is 0.128 e. The van der Waals surface area contributed by atoms with Gasteiger partial charge in [0.05, 0.1) is 5.69 Å². The monoisotopic (exact) mass is 180 g/mol. The molecule has 0 radical (unpaired) electrons. The van der Waals surface area contributed by atoms with Gasteiger partial charge in [0, 0.05) is 4.88 Å². The highest BCUT2D eigenvalue weighted by Crippen LogP contribution is 2.33. The first-order valence-corrected chi connectivity index (χ1v) is 4.56. The van der Waals surface area contributed by atoms with E-state index in [0.717, 1.165) is 4.88 Å². The standard InChI is InChI=1S/C9H12N2S/c1-9(2,3)8-4-6(11)7(5-10)12-8/h4H,11H2,1-3H3. The van der Waals surface area contributed by atoms with Gasteiger partial charge in [-0.2, -0.15) is 5.26 Å². The average Bonchev–Trinajstić information content (AvgIpc) is 2.29. The fraction of sp³-hybridized carbons (Fsp3) is 0.444. The Morgan fingerprint density at radius 3 is 2.33 bits per heavy atom. The zero-order chi connectivity index (χ0) is 9.35. The number of hydrogen-bond acceptors (Lipinski definition) is 3. The van der Waals surface area contributed by atoms with Crippen LogP contribution in [0.3, 0.4) is 0 Å². The van der Waals surface area contributed by atoms with Crippen molar-refractivity contribution in [3.8, 4) is 6.07 Å². The minimum absolute atomic E-state index is 0.0912. The Kier molecular flexibility index (Phi) is 2.12. The van der Waals surface area contributed by atoms with Crippen LogP contribution in [0.1, 0.15) is 30.5 Å². The Morgan fingerprint density at radius 2 is 2.08 bits per heavy atom. The maximum atomic E-state index is 8.68. The quantitative estimate of drug-likeness (QED) is 0.667. The molecular weight excluding hydrogens is 168 g/mol. The molecule has 1 rings (SSSR count). The van der Waals surface area contributed by atoms with Gasteiger partial charge < -0.3 is 5.73 Å². The van der Waals surface area contributed by atoms with Crippen molar-refractivity contribution in [2.45, 2.75) is 26.2 Å². The number of nitrogen functional groups attached to an aromatic ring is 1. The van der Waals surface area contributed by atoms with Crippen LogP contribution in [0, 0.1) is 11.3 Å². The summed E-state index contributed by atoms with van der Waals surface area (Å²) in [5.74, 6) is 0. The molecule has 0 fully saturated rings. The Morgan fingerprint density at radius 1 is 1.50 bits per heavy atom. The molecule has 0 saturated heterocycles. The number of nitrogens with two attached hydrogens (primary N) is 1. The molecule has 0 aliphatic rings. The van der Waals surface area contributed by atoms with Gasteiger partial charge in [-0.3, -0.25) is 0 Å². The van der Waals surface area contributed by atoms with Crippen LogP contribution in [-0.2, 0) is 5.41 Å². The number of thiophene rings is 1. The van der Waals surface area contributed by atoms with Gasteiger partial charge in [-0.15, -0.1) is 11.3 Å². The summed E-state index contributed by atoms with van der Waals surface area (Å²) in [5.41, 5.74) is 6.33. The minimum Gasteiger partial charge on any atom is -0.397 e. The molecule has 0 aliphatic carbocycles. The van der Waals surface area contributed by atoms with Crippen LogP contribution in [0.4, 0.5) is 5.69 Å². The first kappa shape index (κ1) is 9.08. The normalized spacial score (nSPS) is 11.2. The second-order valence-corrected chi connectivity index (χ2v) is 4.81. The van der Waals surface area contributed by atoms with Crippen LogP contribution in [-0.4, -0.2) is 0 Å². The van der Waals surface area contributed by atoms with E-state index in [0.29, 0.717) is 10.6 Å². The summed E-state index contributed by atoms with van der Waals surface area (Å²) >= 11 is 1.48. The molecular formula is C9H12N2S. The van der Waals surface area contributed by atoms with E-state index in [1.165, 1.54) is 11.3 Å².